The van der Waals surface area contributed by atoms with Crippen molar-refractivity contribution in [2.24, 2.45) is 0 Å². The van der Waals surface area contributed by atoms with E-state index in [0.717, 1.165) is 67.7 Å². The third-order valence-corrected chi connectivity index (χ3v) is 6.58. The van der Waals surface area contributed by atoms with Gasteiger partial charge in [0.25, 0.3) is 0 Å². The second-order valence-corrected chi connectivity index (χ2v) is 8.78. The molecule has 0 N–H and O–H groups in total. The number of nitrogens with zero attached hydrogens (tertiary/aromatic N) is 4. The molecule has 1 atom stereocenters. The summed E-state index contributed by atoms with van der Waals surface area (Å²) >= 11 is 1.63. The van der Waals surface area contributed by atoms with Crippen LogP contribution in [0.15, 0.2) is 41.1 Å². The van der Waals surface area contributed by atoms with E-state index in [0.29, 0.717) is 18.9 Å². The Kier molecular flexibility index (Phi) is 5.64. The zero-order chi connectivity index (χ0) is 20.3. The van der Waals surface area contributed by atoms with E-state index in [1.54, 1.807) is 11.3 Å². The van der Waals surface area contributed by atoms with Gasteiger partial charge in [-0.25, -0.2) is 9.97 Å². The molecule has 0 spiro atoms. The van der Waals surface area contributed by atoms with E-state index in [9.17, 15) is 4.79 Å². The van der Waals surface area contributed by atoms with E-state index in [-0.39, 0.29) is 12.0 Å². The van der Waals surface area contributed by atoms with Crippen LogP contribution in [0.25, 0.3) is 22.3 Å². The Hall–Kier alpha value is -2.51. The van der Waals surface area contributed by atoms with Crippen LogP contribution in [0.1, 0.15) is 25.7 Å². The lowest BCUT2D eigenvalue weighted by Crippen LogP contribution is -2.42. The number of rotatable bonds is 6. The molecular weight excluding hydrogens is 396 g/mol. The minimum Gasteiger partial charge on any atom is -0.376 e. The third kappa shape index (κ3) is 4.04. The van der Waals surface area contributed by atoms with Gasteiger partial charge in [0.15, 0.2) is 5.82 Å². The molecular formula is C23H26N4O2S. The van der Waals surface area contributed by atoms with Crippen molar-refractivity contribution < 1.29 is 9.53 Å². The average molecular weight is 423 g/mol. The second kappa shape index (κ2) is 8.70. The van der Waals surface area contributed by atoms with Gasteiger partial charge < -0.3 is 14.5 Å². The van der Waals surface area contributed by atoms with Crippen LogP contribution in [0.3, 0.4) is 0 Å². The number of carbonyl (C=O) groups is 1. The minimum absolute atomic E-state index is 0.134. The number of benzene rings is 1. The lowest BCUT2D eigenvalue weighted by Gasteiger charge is -2.29. The van der Waals surface area contributed by atoms with Gasteiger partial charge in [-0.1, -0.05) is 12.1 Å². The molecule has 0 radical (unpaired) electrons. The standard InChI is InChI=1S/C23H26N4O2S/c28-21(26-10-3-4-11-26)15-27(14-18-6-5-12-29-18)23-19-7-1-2-8-20(19)24-22(25-23)17-9-13-30-16-17/h1-2,7-9,13,16,18H,3-6,10-12,14-15H2/t18-/m1/s1. The summed E-state index contributed by atoms with van der Waals surface area (Å²) in [4.78, 5) is 26.9. The first-order valence-electron chi connectivity index (χ1n) is 10.7. The van der Waals surface area contributed by atoms with Gasteiger partial charge in [-0.05, 0) is 49.3 Å². The lowest BCUT2D eigenvalue weighted by molar-refractivity contribution is -0.128. The van der Waals surface area contributed by atoms with Crippen molar-refractivity contribution in [3.63, 3.8) is 0 Å². The number of ether oxygens (including phenoxy) is 1. The SMILES string of the molecule is O=C(CN(C[C@H]1CCCO1)c1nc(-c2ccsc2)nc2ccccc12)N1CCCC1. The molecule has 0 bridgehead atoms. The zero-order valence-electron chi connectivity index (χ0n) is 17.0. The van der Waals surface area contributed by atoms with E-state index >= 15 is 0 Å². The van der Waals surface area contributed by atoms with E-state index < -0.39 is 0 Å². The highest BCUT2D eigenvalue weighted by Crippen LogP contribution is 2.29. The van der Waals surface area contributed by atoms with Crippen molar-refractivity contribution in [1.29, 1.82) is 0 Å². The summed E-state index contributed by atoms with van der Waals surface area (Å²) in [5.74, 6) is 1.70. The number of thiophene rings is 1. The van der Waals surface area contributed by atoms with Gasteiger partial charge in [0, 0.05) is 42.6 Å². The predicted molar refractivity (Wildman–Crippen MR) is 120 cm³/mol. The third-order valence-electron chi connectivity index (χ3n) is 5.89. The number of anilines is 1. The highest BCUT2D eigenvalue weighted by Gasteiger charge is 2.27. The first-order valence-corrected chi connectivity index (χ1v) is 11.7. The molecule has 4 heterocycles. The minimum atomic E-state index is 0.134. The molecule has 6 nitrogen and oxygen atoms in total. The summed E-state index contributed by atoms with van der Waals surface area (Å²) in [6.45, 7) is 3.51. The Balaban J connectivity index is 1.55. The monoisotopic (exact) mass is 422 g/mol. The topological polar surface area (TPSA) is 58.6 Å². The van der Waals surface area contributed by atoms with Crippen LogP contribution in [-0.2, 0) is 9.53 Å². The van der Waals surface area contributed by atoms with Gasteiger partial charge in [0.2, 0.25) is 5.91 Å². The molecule has 0 saturated carbocycles. The molecule has 1 amide bonds. The van der Waals surface area contributed by atoms with E-state index in [2.05, 4.69) is 10.3 Å². The molecule has 156 valence electrons. The van der Waals surface area contributed by atoms with Crippen LogP contribution >= 0.6 is 11.3 Å². The van der Waals surface area contributed by atoms with Crippen molar-refractivity contribution in [1.82, 2.24) is 14.9 Å². The van der Waals surface area contributed by atoms with Crippen LogP contribution in [0.4, 0.5) is 5.82 Å². The smallest absolute Gasteiger partial charge is 0.242 e. The quantitative estimate of drug-likeness (QED) is 0.602. The van der Waals surface area contributed by atoms with Crippen molar-refractivity contribution in [2.45, 2.75) is 31.8 Å². The van der Waals surface area contributed by atoms with Gasteiger partial charge in [0.1, 0.15) is 5.82 Å². The highest BCUT2D eigenvalue weighted by molar-refractivity contribution is 7.08. The maximum atomic E-state index is 13.1. The Morgan fingerprint density at radius 3 is 2.80 bits per heavy atom. The highest BCUT2D eigenvalue weighted by atomic mass is 32.1. The molecule has 2 aliphatic rings. The van der Waals surface area contributed by atoms with Crippen LogP contribution in [-0.4, -0.2) is 59.7 Å². The zero-order valence-corrected chi connectivity index (χ0v) is 17.8. The van der Waals surface area contributed by atoms with Gasteiger partial charge in [-0.3, -0.25) is 4.79 Å². The summed E-state index contributed by atoms with van der Waals surface area (Å²) < 4.78 is 5.92. The van der Waals surface area contributed by atoms with E-state index in [1.165, 1.54) is 0 Å². The molecule has 0 aliphatic carbocycles. The van der Waals surface area contributed by atoms with Crippen molar-refractivity contribution in [3.05, 3.63) is 41.1 Å². The van der Waals surface area contributed by atoms with Gasteiger partial charge >= 0.3 is 0 Å². The largest absolute Gasteiger partial charge is 0.376 e. The predicted octanol–water partition coefficient (Wildman–Crippen LogP) is 3.97. The number of fused-ring (bicyclic) bond motifs is 1. The summed E-state index contributed by atoms with van der Waals surface area (Å²) in [6, 6.07) is 10.1. The van der Waals surface area contributed by atoms with E-state index in [1.807, 2.05) is 40.6 Å². The van der Waals surface area contributed by atoms with Crippen LogP contribution in [0.2, 0.25) is 0 Å². The second-order valence-electron chi connectivity index (χ2n) is 8.00. The van der Waals surface area contributed by atoms with E-state index in [4.69, 9.17) is 14.7 Å². The summed E-state index contributed by atoms with van der Waals surface area (Å²) in [7, 11) is 0. The molecule has 7 heteroatoms. The first kappa shape index (κ1) is 19.5. The number of aromatic nitrogens is 2. The molecule has 2 aliphatic heterocycles. The first-order chi connectivity index (χ1) is 14.8. The molecule has 30 heavy (non-hydrogen) atoms. The molecule has 0 unspecified atom stereocenters. The molecule has 5 rings (SSSR count). The van der Waals surface area contributed by atoms with Crippen LogP contribution in [0, 0.1) is 0 Å². The van der Waals surface area contributed by atoms with Crippen molar-refractivity contribution in [3.8, 4) is 11.4 Å². The fourth-order valence-corrected chi connectivity index (χ4v) is 4.95. The number of carbonyl (C=O) groups excluding carboxylic acids is 1. The lowest BCUT2D eigenvalue weighted by atomic mass is 10.1. The van der Waals surface area contributed by atoms with Crippen LogP contribution < -0.4 is 4.90 Å². The number of para-hydroxylation sites is 1. The molecule has 3 aromatic rings. The Morgan fingerprint density at radius 2 is 2.03 bits per heavy atom. The van der Waals surface area contributed by atoms with Gasteiger partial charge in [-0.2, -0.15) is 11.3 Å². The Bertz CT molecular complexity index is 1010. The summed E-state index contributed by atoms with van der Waals surface area (Å²) in [5, 5.41) is 5.08. The van der Waals surface area contributed by atoms with Crippen molar-refractivity contribution in [2.75, 3.05) is 37.7 Å². The Labute approximate surface area is 180 Å². The maximum Gasteiger partial charge on any atom is 0.242 e. The Morgan fingerprint density at radius 1 is 1.17 bits per heavy atom. The molecule has 2 saturated heterocycles. The number of hydrogen-bond acceptors (Lipinski definition) is 6. The summed E-state index contributed by atoms with van der Waals surface area (Å²) in [6.07, 6.45) is 4.42. The summed E-state index contributed by atoms with van der Waals surface area (Å²) in [5.41, 5.74) is 1.91. The number of likely N-dealkylation sites (tertiary alicyclic amines) is 1. The average Bonchev–Trinajstić information content (AvgIpc) is 3.56. The molecule has 2 fully saturated rings. The fourth-order valence-electron chi connectivity index (χ4n) is 4.31. The van der Waals surface area contributed by atoms with Crippen molar-refractivity contribution >= 4 is 34.0 Å². The normalized spacial score (nSPS) is 18.9. The maximum absolute atomic E-state index is 13.1. The number of hydrogen-bond donors (Lipinski definition) is 0. The van der Waals surface area contributed by atoms with Gasteiger partial charge in [-0.15, -0.1) is 0 Å². The molecule has 1 aromatic carbocycles. The molecule has 2 aromatic heterocycles. The fraction of sp³-hybridized carbons (Fsp3) is 0.435. The number of amides is 1. The van der Waals surface area contributed by atoms with Crippen LogP contribution in [0.5, 0.6) is 0 Å². The van der Waals surface area contributed by atoms with Gasteiger partial charge in [0.05, 0.1) is 18.2 Å².